The number of rotatable bonds is 3. The first-order chi connectivity index (χ1) is 12.2. The highest BCUT2D eigenvalue weighted by Gasteiger charge is 2.15. The lowest BCUT2D eigenvalue weighted by Gasteiger charge is -2.12. The first kappa shape index (κ1) is 18.8. The molecule has 0 N–H and O–H groups in total. The van der Waals surface area contributed by atoms with Gasteiger partial charge in [0.2, 0.25) is 0 Å². The quantitative estimate of drug-likeness (QED) is 0.527. The van der Waals surface area contributed by atoms with Crippen LogP contribution in [0.3, 0.4) is 0 Å². The molecule has 2 nitrogen and oxygen atoms in total. The van der Waals surface area contributed by atoms with E-state index in [4.69, 9.17) is 23.2 Å². The fraction of sp³-hybridized carbons (Fsp3) is 0.0526. The minimum atomic E-state index is -3.36. The molecule has 0 aromatic heterocycles. The van der Waals surface area contributed by atoms with Crippen LogP contribution in [-0.4, -0.2) is 14.7 Å². The van der Waals surface area contributed by atoms with Gasteiger partial charge in [-0.25, -0.2) is 17.2 Å². The van der Waals surface area contributed by atoms with Crippen molar-refractivity contribution in [2.24, 2.45) is 0 Å². The molecule has 0 aliphatic rings. The smallest absolute Gasteiger partial charge is 0.175 e. The molecular formula is C19H12Cl2F2O2S. The third-order valence-electron chi connectivity index (χ3n) is 3.88. The monoisotopic (exact) mass is 412 g/mol. The predicted molar refractivity (Wildman–Crippen MR) is 100 cm³/mol. The zero-order chi connectivity index (χ0) is 19.1. The number of benzene rings is 3. The number of sulfone groups is 1. The van der Waals surface area contributed by atoms with E-state index in [0.29, 0.717) is 27.3 Å². The summed E-state index contributed by atoms with van der Waals surface area (Å²) in [6, 6.07) is 12.9. The molecule has 0 unspecified atom stereocenters. The average Bonchev–Trinajstić information content (AvgIpc) is 2.59. The zero-order valence-corrected chi connectivity index (χ0v) is 15.8. The topological polar surface area (TPSA) is 34.1 Å². The van der Waals surface area contributed by atoms with Crippen molar-refractivity contribution in [3.05, 3.63) is 76.3 Å². The molecule has 3 aromatic rings. The Morgan fingerprint density at radius 3 is 1.73 bits per heavy atom. The van der Waals surface area contributed by atoms with Crippen LogP contribution in [-0.2, 0) is 9.84 Å². The van der Waals surface area contributed by atoms with Crippen LogP contribution in [0.4, 0.5) is 8.78 Å². The van der Waals surface area contributed by atoms with Crippen LogP contribution in [0.1, 0.15) is 0 Å². The van der Waals surface area contributed by atoms with Crippen molar-refractivity contribution in [2.75, 3.05) is 6.26 Å². The molecule has 0 fully saturated rings. The summed E-state index contributed by atoms with van der Waals surface area (Å²) in [5.41, 5.74) is 1.91. The molecule has 3 aromatic carbocycles. The normalized spacial score (nSPS) is 11.6. The Bertz CT molecular complexity index is 1100. The molecule has 0 radical (unpaired) electrons. The van der Waals surface area contributed by atoms with E-state index in [0.717, 1.165) is 18.4 Å². The molecular weight excluding hydrogens is 401 g/mol. The van der Waals surface area contributed by atoms with Gasteiger partial charge in [-0.3, -0.25) is 0 Å². The fourth-order valence-electron chi connectivity index (χ4n) is 2.57. The van der Waals surface area contributed by atoms with Gasteiger partial charge in [0.05, 0.1) is 14.9 Å². The van der Waals surface area contributed by atoms with Gasteiger partial charge in [0.15, 0.2) is 21.5 Å². The summed E-state index contributed by atoms with van der Waals surface area (Å²) in [6.45, 7) is 0. The van der Waals surface area contributed by atoms with Crippen molar-refractivity contribution in [1.29, 1.82) is 0 Å². The van der Waals surface area contributed by atoms with E-state index in [1.807, 2.05) is 0 Å². The van der Waals surface area contributed by atoms with Gasteiger partial charge in [-0.2, -0.15) is 0 Å². The van der Waals surface area contributed by atoms with E-state index in [1.165, 1.54) is 12.1 Å². The Balaban J connectivity index is 2.20. The Hall–Kier alpha value is -1.95. The lowest BCUT2D eigenvalue weighted by Crippen LogP contribution is -1.97. The third-order valence-corrected chi connectivity index (χ3v) is 5.75. The highest BCUT2D eigenvalue weighted by Crippen LogP contribution is 2.36. The number of halogens is 4. The molecule has 0 atom stereocenters. The average molecular weight is 413 g/mol. The molecule has 0 aliphatic carbocycles. The summed E-state index contributed by atoms with van der Waals surface area (Å²) in [6.07, 6.45) is 1.10. The molecule has 0 heterocycles. The van der Waals surface area contributed by atoms with E-state index in [2.05, 4.69) is 0 Å². The van der Waals surface area contributed by atoms with Gasteiger partial charge >= 0.3 is 0 Å². The highest BCUT2D eigenvalue weighted by atomic mass is 35.5. The van der Waals surface area contributed by atoms with Crippen LogP contribution >= 0.6 is 23.2 Å². The second kappa shape index (κ2) is 6.99. The summed E-state index contributed by atoms with van der Waals surface area (Å²) in [4.78, 5) is 0.139. The Kier molecular flexibility index (Phi) is 5.06. The van der Waals surface area contributed by atoms with Gasteiger partial charge in [-0.05, 0) is 58.7 Å². The van der Waals surface area contributed by atoms with Gasteiger partial charge in [-0.15, -0.1) is 0 Å². The van der Waals surface area contributed by atoms with Crippen molar-refractivity contribution in [2.45, 2.75) is 4.90 Å². The summed E-state index contributed by atoms with van der Waals surface area (Å²) in [5, 5.41) is 0.629. The summed E-state index contributed by atoms with van der Waals surface area (Å²) >= 11 is 12.0. The van der Waals surface area contributed by atoms with Gasteiger partial charge in [0.1, 0.15) is 0 Å². The maximum Gasteiger partial charge on any atom is 0.175 e. The largest absolute Gasteiger partial charge is 0.224 e. The molecule has 0 aliphatic heterocycles. The Morgan fingerprint density at radius 2 is 1.23 bits per heavy atom. The van der Waals surface area contributed by atoms with E-state index < -0.39 is 21.5 Å². The maximum absolute atomic E-state index is 13.9. The number of hydrogen-bond acceptors (Lipinski definition) is 2. The van der Waals surface area contributed by atoms with E-state index in [1.54, 1.807) is 30.3 Å². The highest BCUT2D eigenvalue weighted by molar-refractivity contribution is 7.90. The zero-order valence-electron chi connectivity index (χ0n) is 13.4. The lowest BCUT2D eigenvalue weighted by molar-refractivity contribution is 0.509. The molecule has 134 valence electrons. The van der Waals surface area contributed by atoms with Crippen LogP contribution in [0, 0.1) is 11.6 Å². The van der Waals surface area contributed by atoms with E-state index in [9.17, 15) is 17.2 Å². The fourth-order valence-corrected chi connectivity index (χ4v) is 3.50. The van der Waals surface area contributed by atoms with E-state index >= 15 is 0 Å². The van der Waals surface area contributed by atoms with Gasteiger partial charge < -0.3 is 0 Å². The van der Waals surface area contributed by atoms with Gasteiger partial charge in [0, 0.05) is 6.26 Å². The molecule has 26 heavy (non-hydrogen) atoms. The number of hydrogen-bond donors (Lipinski definition) is 0. The molecule has 0 amide bonds. The van der Waals surface area contributed by atoms with Crippen LogP contribution in [0.2, 0.25) is 10.0 Å². The molecule has 3 rings (SSSR count). The lowest BCUT2D eigenvalue weighted by atomic mass is 9.94. The maximum atomic E-state index is 13.9. The van der Waals surface area contributed by atoms with E-state index in [-0.39, 0.29) is 9.92 Å². The van der Waals surface area contributed by atoms with Crippen LogP contribution in [0.5, 0.6) is 0 Å². The van der Waals surface area contributed by atoms with Crippen molar-refractivity contribution >= 4 is 33.0 Å². The predicted octanol–water partition coefficient (Wildman–Crippen LogP) is 6.01. The third kappa shape index (κ3) is 3.75. The Morgan fingerprint density at radius 1 is 0.731 bits per heavy atom. The van der Waals surface area contributed by atoms with Crippen molar-refractivity contribution < 1.29 is 17.2 Å². The first-order valence-corrected chi connectivity index (χ1v) is 10.1. The second-order valence-electron chi connectivity index (χ2n) is 5.74. The summed E-state index contributed by atoms with van der Waals surface area (Å²) in [5.74, 6) is -2.00. The first-order valence-electron chi connectivity index (χ1n) is 7.42. The Labute approximate surface area is 159 Å². The molecule has 0 saturated carbocycles. The SMILES string of the molecule is CS(=O)(=O)c1ccc(-c2cc(F)c(F)cc2-c2ccc(Cl)c(Cl)c2)cc1. The standard InChI is InChI=1S/C19H12Cl2F2O2S/c1-26(24,25)13-5-2-11(3-6-13)14-9-18(22)19(23)10-15(14)12-4-7-16(20)17(21)8-12/h2-10H,1H3. The van der Waals surface area contributed by atoms with Crippen molar-refractivity contribution in [1.82, 2.24) is 0 Å². The molecule has 0 bridgehead atoms. The molecule has 0 saturated heterocycles. The van der Waals surface area contributed by atoms with Crippen molar-refractivity contribution in [3.63, 3.8) is 0 Å². The minimum Gasteiger partial charge on any atom is -0.224 e. The summed E-state index contributed by atoms with van der Waals surface area (Å²) in [7, 11) is -3.36. The van der Waals surface area contributed by atoms with Crippen LogP contribution < -0.4 is 0 Å². The second-order valence-corrected chi connectivity index (χ2v) is 8.57. The molecule has 7 heteroatoms. The minimum absolute atomic E-state index is 0.139. The van der Waals surface area contributed by atoms with Gasteiger partial charge in [0.25, 0.3) is 0 Å². The van der Waals surface area contributed by atoms with Crippen LogP contribution in [0.15, 0.2) is 59.5 Å². The van der Waals surface area contributed by atoms with Crippen molar-refractivity contribution in [3.8, 4) is 22.3 Å². The molecule has 0 spiro atoms. The van der Waals surface area contributed by atoms with Crippen LogP contribution in [0.25, 0.3) is 22.3 Å². The summed E-state index contributed by atoms with van der Waals surface area (Å²) < 4.78 is 50.9. The van der Waals surface area contributed by atoms with Gasteiger partial charge in [-0.1, -0.05) is 41.4 Å².